The molecular weight excluding hydrogens is 492 g/mol. The van der Waals surface area contributed by atoms with Crippen LogP contribution in [0.15, 0.2) is 42.6 Å². The van der Waals surface area contributed by atoms with Gasteiger partial charge in [0.15, 0.2) is 0 Å². The van der Waals surface area contributed by atoms with Gasteiger partial charge < -0.3 is 25.6 Å². The number of benzene rings is 1. The van der Waals surface area contributed by atoms with Gasteiger partial charge in [0.1, 0.15) is 16.9 Å². The Morgan fingerprint density at radius 3 is 2.57 bits per heavy atom. The number of anilines is 3. The minimum absolute atomic E-state index is 0.150. The zero-order valence-corrected chi connectivity index (χ0v) is 21.7. The highest BCUT2D eigenvalue weighted by molar-refractivity contribution is 7.21. The second-order valence-corrected chi connectivity index (χ2v) is 10.6. The lowest BCUT2D eigenvalue weighted by Crippen LogP contribution is -2.42. The molecule has 1 fully saturated rings. The molecule has 0 bridgehead atoms. The SMILES string of the molecule is CO[C@H]1[C@H](Nc2nc(Nc3cc(C)nc(C)c3)ncc2-c2nc3ccccc3s2)C[C@](C)(C(=O)O)[C@H]1O. The van der Waals surface area contributed by atoms with Crippen LogP contribution >= 0.6 is 11.3 Å². The van der Waals surface area contributed by atoms with Crippen molar-refractivity contribution in [2.45, 2.75) is 45.4 Å². The number of nitrogens with zero attached hydrogens (tertiary/aromatic N) is 4. The number of methoxy groups -OCH3 is 1. The number of hydrogen-bond acceptors (Lipinski definition) is 10. The van der Waals surface area contributed by atoms with Crippen molar-refractivity contribution >= 4 is 45.0 Å². The van der Waals surface area contributed by atoms with E-state index in [-0.39, 0.29) is 6.42 Å². The number of carbonyl (C=O) groups is 1. The Labute approximate surface area is 217 Å². The molecule has 1 aromatic carbocycles. The predicted molar refractivity (Wildman–Crippen MR) is 142 cm³/mol. The number of carboxylic acids is 1. The van der Waals surface area contributed by atoms with E-state index in [0.717, 1.165) is 32.3 Å². The smallest absolute Gasteiger partial charge is 0.312 e. The molecule has 3 heterocycles. The summed E-state index contributed by atoms with van der Waals surface area (Å²) < 4.78 is 6.57. The third kappa shape index (κ3) is 4.73. The van der Waals surface area contributed by atoms with E-state index in [0.29, 0.717) is 17.3 Å². The summed E-state index contributed by atoms with van der Waals surface area (Å²) in [6.07, 6.45) is -0.0989. The van der Waals surface area contributed by atoms with E-state index in [1.165, 1.54) is 25.4 Å². The van der Waals surface area contributed by atoms with Gasteiger partial charge in [0, 0.05) is 30.4 Å². The molecule has 0 aliphatic heterocycles. The van der Waals surface area contributed by atoms with Crippen molar-refractivity contribution in [2.24, 2.45) is 5.41 Å². The fraction of sp³-hybridized carbons (Fsp3) is 0.346. The zero-order chi connectivity index (χ0) is 26.3. The number of para-hydroxylation sites is 1. The Morgan fingerprint density at radius 1 is 1.16 bits per heavy atom. The molecule has 0 radical (unpaired) electrons. The number of aliphatic hydroxyl groups is 1. The Bertz CT molecular complexity index is 1420. The monoisotopic (exact) mass is 520 g/mol. The van der Waals surface area contributed by atoms with Crippen LogP contribution in [0.25, 0.3) is 20.8 Å². The third-order valence-corrected chi connectivity index (χ3v) is 7.81. The van der Waals surface area contributed by atoms with Crippen LogP contribution in [0.1, 0.15) is 24.7 Å². The molecule has 0 saturated heterocycles. The highest BCUT2D eigenvalue weighted by Crippen LogP contribution is 2.42. The number of aryl methyl sites for hydroxylation is 2. The number of thiazole rings is 1. The standard InChI is InChI=1S/C26H28N6O4S/c1-13-9-15(10-14(2)28-13)29-25-27-12-16(23-31-17-7-5-6-8-19(17)37-23)22(32-25)30-18-11-26(3,24(34)35)21(33)20(18)36-4/h5-10,12,18,20-21,33H,11H2,1-4H3,(H,34,35)(H2,27,28,29,30,32)/t18-,20+,21+,26+/m1/s1. The normalized spacial score (nSPS) is 23.3. The first-order valence-electron chi connectivity index (χ1n) is 11.8. The molecule has 4 aromatic rings. The summed E-state index contributed by atoms with van der Waals surface area (Å²) in [5.41, 5.74) is 2.69. The number of aliphatic carboxylic acids is 1. The van der Waals surface area contributed by atoms with E-state index in [2.05, 4.69) is 20.6 Å². The number of rotatable bonds is 7. The maximum atomic E-state index is 12.0. The molecule has 4 N–H and O–H groups in total. The van der Waals surface area contributed by atoms with E-state index in [1.807, 2.05) is 50.2 Å². The molecule has 37 heavy (non-hydrogen) atoms. The first kappa shape index (κ1) is 25.0. The number of pyridine rings is 1. The zero-order valence-electron chi connectivity index (χ0n) is 20.9. The van der Waals surface area contributed by atoms with Crippen LogP contribution in [-0.2, 0) is 9.53 Å². The topological polar surface area (TPSA) is 142 Å². The summed E-state index contributed by atoms with van der Waals surface area (Å²) in [4.78, 5) is 30.5. The molecule has 1 aliphatic rings. The van der Waals surface area contributed by atoms with Crippen molar-refractivity contribution in [3.63, 3.8) is 0 Å². The summed E-state index contributed by atoms with van der Waals surface area (Å²) in [6.45, 7) is 5.36. The molecule has 0 amide bonds. The van der Waals surface area contributed by atoms with Gasteiger partial charge >= 0.3 is 5.97 Å². The Balaban J connectivity index is 1.55. The Morgan fingerprint density at radius 2 is 1.89 bits per heavy atom. The maximum absolute atomic E-state index is 12.0. The van der Waals surface area contributed by atoms with Crippen LogP contribution in [0.3, 0.4) is 0 Å². The Kier molecular flexibility index (Phi) is 6.52. The molecule has 0 unspecified atom stereocenters. The lowest BCUT2D eigenvalue weighted by atomic mass is 9.86. The fourth-order valence-corrected chi connectivity index (χ4v) is 5.80. The van der Waals surface area contributed by atoms with Gasteiger partial charge in [-0.05, 0) is 51.5 Å². The van der Waals surface area contributed by atoms with E-state index in [1.54, 1.807) is 6.20 Å². The third-order valence-electron chi connectivity index (χ3n) is 6.74. The van der Waals surface area contributed by atoms with Gasteiger partial charge in [0.05, 0.1) is 33.3 Å². The first-order chi connectivity index (χ1) is 17.7. The summed E-state index contributed by atoms with van der Waals surface area (Å²) in [7, 11) is 1.46. The van der Waals surface area contributed by atoms with Crippen LogP contribution < -0.4 is 10.6 Å². The van der Waals surface area contributed by atoms with Crippen molar-refractivity contribution in [1.29, 1.82) is 0 Å². The molecule has 1 saturated carbocycles. The maximum Gasteiger partial charge on any atom is 0.312 e. The van der Waals surface area contributed by atoms with E-state index >= 15 is 0 Å². The lowest BCUT2D eigenvalue weighted by Gasteiger charge is -2.25. The van der Waals surface area contributed by atoms with Gasteiger partial charge in [-0.2, -0.15) is 4.98 Å². The summed E-state index contributed by atoms with van der Waals surface area (Å²) >= 11 is 1.51. The van der Waals surface area contributed by atoms with Gasteiger partial charge in [-0.15, -0.1) is 11.3 Å². The molecule has 192 valence electrons. The molecule has 1 aliphatic carbocycles. The van der Waals surface area contributed by atoms with Crippen LogP contribution in [-0.4, -0.2) is 61.5 Å². The average Bonchev–Trinajstić information content (AvgIpc) is 3.37. The largest absolute Gasteiger partial charge is 0.481 e. The molecule has 3 aromatic heterocycles. The highest BCUT2D eigenvalue weighted by atomic mass is 32.1. The van der Waals surface area contributed by atoms with Crippen molar-refractivity contribution in [3.8, 4) is 10.6 Å². The predicted octanol–water partition coefficient (Wildman–Crippen LogP) is 4.16. The second kappa shape index (κ2) is 9.66. The number of fused-ring (bicyclic) bond motifs is 1. The fourth-order valence-electron chi connectivity index (χ4n) is 4.82. The quantitative estimate of drug-likeness (QED) is 0.280. The van der Waals surface area contributed by atoms with Crippen LogP contribution in [0.2, 0.25) is 0 Å². The minimum atomic E-state index is -1.37. The van der Waals surface area contributed by atoms with Gasteiger partial charge in [-0.1, -0.05) is 12.1 Å². The summed E-state index contributed by atoms with van der Waals surface area (Å²) in [5, 5.41) is 27.9. The van der Waals surface area contributed by atoms with Crippen molar-refractivity contribution in [1.82, 2.24) is 19.9 Å². The van der Waals surface area contributed by atoms with Crippen molar-refractivity contribution < 1.29 is 19.7 Å². The lowest BCUT2D eigenvalue weighted by molar-refractivity contribution is -0.155. The van der Waals surface area contributed by atoms with Crippen LogP contribution in [0.4, 0.5) is 17.5 Å². The van der Waals surface area contributed by atoms with E-state index in [9.17, 15) is 15.0 Å². The highest BCUT2D eigenvalue weighted by Gasteiger charge is 2.55. The Hall–Kier alpha value is -3.67. The number of hydrogen-bond donors (Lipinski definition) is 4. The number of aliphatic hydroxyl groups excluding tert-OH is 1. The number of nitrogens with one attached hydrogen (secondary N) is 2. The minimum Gasteiger partial charge on any atom is -0.481 e. The number of aromatic nitrogens is 4. The molecule has 5 rings (SSSR count). The molecule has 4 atom stereocenters. The number of ether oxygens (including phenoxy) is 1. The first-order valence-corrected chi connectivity index (χ1v) is 12.7. The molecular formula is C26H28N6O4S. The van der Waals surface area contributed by atoms with Crippen LogP contribution in [0, 0.1) is 19.3 Å². The molecule has 11 heteroatoms. The van der Waals surface area contributed by atoms with Gasteiger partial charge in [0.2, 0.25) is 5.95 Å². The molecule has 0 spiro atoms. The number of carboxylic acid groups (broad SMARTS) is 1. The van der Waals surface area contributed by atoms with Crippen LogP contribution in [0.5, 0.6) is 0 Å². The van der Waals surface area contributed by atoms with E-state index < -0.39 is 29.6 Å². The van der Waals surface area contributed by atoms with Gasteiger partial charge in [-0.3, -0.25) is 9.78 Å². The van der Waals surface area contributed by atoms with Crippen molar-refractivity contribution in [3.05, 3.63) is 54.0 Å². The van der Waals surface area contributed by atoms with Crippen molar-refractivity contribution in [2.75, 3.05) is 17.7 Å². The van der Waals surface area contributed by atoms with Gasteiger partial charge in [-0.25, -0.2) is 9.97 Å². The summed E-state index contributed by atoms with van der Waals surface area (Å²) in [5.74, 6) is -0.259. The second-order valence-electron chi connectivity index (χ2n) is 9.53. The summed E-state index contributed by atoms with van der Waals surface area (Å²) in [6, 6.07) is 11.1. The molecule has 10 nitrogen and oxygen atoms in total. The average molecular weight is 521 g/mol. The van der Waals surface area contributed by atoms with Gasteiger partial charge in [0.25, 0.3) is 0 Å². The van der Waals surface area contributed by atoms with E-state index in [4.69, 9.17) is 14.7 Å².